The highest BCUT2D eigenvalue weighted by atomic mass is 35.5. The minimum absolute atomic E-state index is 0.0101. The summed E-state index contributed by atoms with van der Waals surface area (Å²) < 4.78 is 0. The molecule has 5 heteroatoms. The molecule has 0 bridgehead atoms. The predicted molar refractivity (Wildman–Crippen MR) is 114 cm³/mol. The normalized spacial score (nSPS) is 11.9. The van der Waals surface area contributed by atoms with E-state index in [2.05, 4.69) is 5.32 Å². The molecule has 2 aromatic rings. The van der Waals surface area contributed by atoms with Gasteiger partial charge >= 0.3 is 0 Å². The van der Waals surface area contributed by atoms with Crippen LogP contribution in [-0.4, -0.2) is 28.8 Å². The van der Waals surface area contributed by atoms with Crippen LogP contribution in [0.15, 0.2) is 48.5 Å². The van der Waals surface area contributed by atoms with Crippen molar-refractivity contribution in [1.82, 2.24) is 10.2 Å². The summed E-state index contributed by atoms with van der Waals surface area (Å²) in [4.78, 5) is 27.6. The summed E-state index contributed by atoms with van der Waals surface area (Å²) in [6, 6.07) is 14.8. The van der Waals surface area contributed by atoms with E-state index in [0.717, 1.165) is 16.7 Å². The fourth-order valence-corrected chi connectivity index (χ4v) is 3.29. The van der Waals surface area contributed by atoms with Gasteiger partial charge in [-0.1, -0.05) is 66.6 Å². The highest BCUT2D eigenvalue weighted by molar-refractivity contribution is 6.31. The molecule has 1 atom stereocenters. The van der Waals surface area contributed by atoms with Gasteiger partial charge in [0.25, 0.3) is 0 Å². The number of halogens is 1. The van der Waals surface area contributed by atoms with E-state index < -0.39 is 6.04 Å². The van der Waals surface area contributed by atoms with Crippen molar-refractivity contribution < 1.29 is 9.59 Å². The number of carbonyl (C=O) groups is 2. The highest BCUT2D eigenvalue weighted by Crippen LogP contribution is 2.20. The molecule has 2 amide bonds. The van der Waals surface area contributed by atoms with E-state index in [4.69, 9.17) is 11.6 Å². The van der Waals surface area contributed by atoms with Crippen LogP contribution in [0.3, 0.4) is 0 Å². The molecular weight excluding hydrogens is 372 g/mol. The quantitative estimate of drug-likeness (QED) is 0.708. The van der Waals surface area contributed by atoms with Crippen LogP contribution in [0.1, 0.15) is 43.9 Å². The minimum atomic E-state index is -0.545. The van der Waals surface area contributed by atoms with Crippen molar-refractivity contribution in [3.63, 3.8) is 0 Å². The Morgan fingerprint density at radius 1 is 1.07 bits per heavy atom. The fourth-order valence-electron chi connectivity index (χ4n) is 3.09. The molecule has 0 heterocycles. The van der Waals surface area contributed by atoms with Crippen LogP contribution in [0.25, 0.3) is 0 Å². The standard InChI is InChI=1S/C23H29ClN2O2/c1-5-21(23(28)25-16(2)3)26(15-19-8-6-7-9-20(19)24)22(27)14-18-12-10-17(4)11-13-18/h6-13,16,21H,5,14-15H2,1-4H3,(H,25,28)/t21-/m0/s1. The summed E-state index contributed by atoms with van der Waals surface area (Å²) in [5, 5.41) is 3.53. The van der Waals surface area contributed by atoms with Gasteiger partial charge in [0.05, 0.1) is 6.42 Å². The molecule has 150 valence electrons. The largest absolute Gasteiger partial charge is 0.352 e. The third kappa shape index (κ3) is 6.10. The first-order valence-electron chi connectivity index (χ1n) is 9.70. The maximum Gasteiger partial charge on any atom is 0.243 e. The summed E-state index contributed by atoms with van der Waals surface area (Å²) in [6.07, 6.45) is 0.777. The van der Waals surface area contributed by atoms with E-state index in [1.54, 1.807) is 11.0 Å². The van der Waals surface area contributed by atoms with E-state index in [0.29, 0.717) is 18.0 Å². The van der Waals surface area contributed by atoms with Gasteiger partial charge in [0.15, 0.2) is 0 Å². The lowest BCUT2D eigenvalue weighted by atomic mass is 10.1. The molecular formula is C23H29ClN2O2. The van der Waals surface area contributed by atoms with Gasteiger partial charge in [-0.25, -0.2) is 0 Å². The number of benzene rings is 2. The lowest BCUT2D eigenvalue weighted by molar-refractivity contribution is -0.141. The molecule has 0 saturated carbocycles. The molecule has 1 N–H and O–H groups in total. The molecule has 0 aliphatic carbocycles. The molecule has 0 saturated heterocycles. The molecule has 0 aromatic heterocycles. The number of aryl methyl sites for hydroxylation is 1. The van der Waals surface area contributed by atoms with Crippen molar-refractivity contribution in [1.29, 1.82) is 0 Å². The Bertz CT molecular complexity index is 803. The van der Waals surface area contributed by atoms with Gasteiger partial charge in [0, 0.05) is 17.6 Å². The number of hydrogen-bond donors (Lipinski definition) is 1. The Hall–Kier alpha value is -2.33. The summed E-state index contributed by atoms with van der Waals surface area (Å²) in [5.74, 6) is -0.226. The Balaban J connectivity index is 2.30. The zero-order valence-corrected chi connectivity index (χ0v) is 17.8. The average Bonchev–Trinajstić information content (AvgIpc) is 2.64. The second kappa shape index (κ2) is 10.3. The van der Waals surface area contributed by atoms with Gasteiger partial charge in [-0.15, -0.1) is 0 Å². The number of nitrogens with zero attached hydrogens (tertiary/aromatic N) is 1. The first-order chi connectivity index (χ1) is 13.3. The van der Waals surface area contributed by atoms with Crippen LogP contribution in [0, 0.1) is 6.92 Å². The van der Waals surface area contributed by atoms with Crippen LogP contribution in [-0.2, 0) is 22.6 Å². The molecule has 2 rings (SSSR count). The number of amides is 2. The van der Waals surface area contributed by atoms with Gasteiger partial charge in [-0.05, 0) is 44.4 Å². The Morgan fingerprint density at radius 3 is 2.29 bits per heavy atom. The molecule has 0 radical (unpaired) electrons. The van der Waals surface area contributed by atoms with Crippen molar-refractivity contribution >= 4 is 23.4 Å². The smallest absolute Gasteiger partial charge is 0.243 e. The van der Waals surface area contributed by atoms with Crippen LogP contribution < -0.4 is 5.32 Å². The van der Waals surface area contributed by atoms with Gasteiger partial charge in [-0.3, -0.25) is 9.59 Å². The summed E-state index contributed by atoms with van der Waals surface area (Å²) in [7, 11) is 0. The molecule has 0 unspecified atom stereocenters. The van der Waals surface area contributed by atoms with Crippen LogP contribution in [0.5, 0.6) is 0 Å². The maximum absolute atomic E-state index is 13.2. The molecule has 28 heavy (non-hydrogen) atoms. The first kappa shape index (κ1) is 22.0. The van der Waals surface area contributed by atoms with E-state index in [1.807, 2.05) is 70.2 Å². The Kier molecular flexibility index (Phi) is 8.06. The third-order valence-electron chi connectivity index (χ3n) is 4.59. The SMILES string of the molecule is CC[C@@H](C(=O)NC(C)C)N(Cc1ccccc1Cl)C(=O)Cc1ccc(C)cc1. The topological polar surface area (TPSA) is 49.4 Å². The first-order valence-corrected chi connectivity index (χ1v) is 10.1. The van der Waals surface area contributed by atoms with E-state index in [1.165, 1.54) is 0 Å². The molecule has 0 aliphatic heterocycles. The monoisotopic (exact) mass is 400 g/mol. The Morgan fingerprint density at radius 2 is 1.71 bits per heavy atom. The maximum atomic E-state index is 13.2. The van der Waals surface area contributed by atoms with E-state index in [-0.39, 0.29) is 24.3 Å². The van der Waals surface area contributed by atoms with Crippen molar-refractivity contribution in [2.24, 2.45) is 0 Å². The van der Waals surface area contributed by atoms with Crippen molar-refractivity contribution in [3.8, 4) is 0 Å². The van der Waals surface area contributed by atoms with Crippen molar-refractivity contribution in [2.75, 3.05) is 0 Å². The zero-order chi connectivity index (χ0) is 20.7. The van der Waals surface area contributed by atoms with E-state index in [9.17, 15) is 9.59 Å². The second-order valence-corrected chi connectivity index (χ2v) is 7.77. The predicted octanol–water partition coefficient (Wildman–Crippen LogP) is 4.52. The lowest BCUT2D eigenvalue weighted by Crippen LogP contribution is -2.50. The molecule has 0 spiro atoms. The zero-order valence-electron chi connectivity index (χ0n) is 17.0. The second-order valence-electron chi connectivity index (χ2n) is 7.36. The number of rotatable bonds is 8. The van der Waals surface area contributed by atoms with Crippen LogP contribution in [0.4, 0.5) is 0 Å². The van der Waals surface area contributed by atoms with Crippen molar-refractivity contribution in [3.05, 3.63) is 70.2 Å². The summed E-state index contributed by atoms with van der Waals surface area (Å²) in [5.41, 5.74) is 2.91. The highest BCUT2D eigenvalue weighted by Gasteiger charge is 2.29. The average molecular weight is 401 g/mol. The number of nitrogens with one attached hydrogen (secondary N) is 1. The number of hydrogen-bond acceptors (Lipinski definition) is 2. The van der Waals surface area contributed by atoms with Gasteiger partial charge in [0.1, 0.15) is 6.04 Å². The lowest BCUT2D eigenvalue weighted by Gasteiger charge is -2.31. The van der Waals surface area contributed by atoms with Gasteiger partial charge in [-0.2, -0.15) is 0 Å². The molecule has 2 aromatic carbocycles. The summed E-state index contributed by atoms with van der Waals surface area (Å²) in [6.45, 7) is 8.06. The van der Waals surface area contributed by atoms with Gasteiger partial charge < -0.3 is 10.2 Å². The molecule has 0 fully saturated rings. The summed E-state index contributed by atoms with van der Waals surface area (Å²) >= 11 is 6.32. The molecule has 0 aliphatic rings. The third-order valence-corrected chi connectivity index (χ3v) is 4.96. The Labute approximate surface area is 172 Å². The number of carbonyl (C=O) groups excluding carboxylic acids is 2. The van der Waals surface area contributed by atoms with Gasteiger partial charge in [0.2, 0.25) is 11.8 Å². The van der Waals surface area contributed by atoms with Crippen LogP contribution in [0.2, 0.25) is 5.02 Å². The van der Waals surface area contributed by atoms with Crippen LogP contribution >= 0.6 is 11.6 Å². The fraction of sp³-hybridized carbons (Fsp3) is 0.391. The molecule has 4 nitrogen and oxygen atoms in total. The van der Waals surface area contributed by atoms with E-state index >= 15 is 0 Å². The van der Waals surface area contributed by atoms with Crippen molar-refractivity contribution in [2.45, 2.75) is 59.2 Å². The minimum Gasteiger partial charge on any atom is -0.352 e.